The highest BCUT2D eigenvalue weighted by atomic mass is 35.5. The number of carbonyl (C=O) groups is 2. The quantitative estimate of drug-likeness (QED) is 0.408. The number of ether oxygens (including phenoxy) is 1. The van der Waals surface area contributed by atoms with Gasteiger partial charge in [0, 0.05) is 22.3 Å². The van der Waals surface area contributed by atoms with E-state index in [0.29, 0.717) is 33.1 Å². The van der Waals surface area contributed by atoms with Crippen LogP contribution in [0, 0.1) is 0 Å². The Morgan fingerprint density at radius 1 is 1.12 bits per heavy atom. The standard InChI is InChI=1S/C25H17ClN2O5/c1-32-18-10-4-6-14-12-19(33-24(14)18)22(29)20-21(17-9-2-3-11-27-17)28(25(31)23(20)30)16-8-5-7-15(26)13-16/h2-13,21,30H,1H3. The van der Waals surface area contributed by atoms with Gasteiger partial charge in [0.05, 0.1) is 18.4 Å². The molecule has 0 bridgehead atoms. The summed E-state index contributed by atoms with van der Waals surface area (Å²) in [5.74, 6) is -1.58. The molecule has 0 saturated carbocycles. The van der Waals surface area contributed by atoms with Crippen molar-refractivity contribution in [2.45, 2.75) is 6.04 Å². The Hall–Kier alpha value is -4.10. The van der Waals surface area contributed by atoms with Crippen molar-refractivity contribution in [3.63, 3.8) is 0 Å². The fourth-order valence-corrected chi connectivity index (χ4v) is 4.17. The summed E-state index contributed by atoms with van der Waals surface area (Å²) < 4.78 is 11.1. The number of furan rings is 1. The zero-order valence-corrected chi connectivity index (χ0v) is 18.1. The number of fused-ring (bicyclic) bond motifs is 1. The van der Waals surface area contributed by atoms with Gasteiger partial charge in [-0.05, 0) is 42.5 Å². The lowest BCUT2D eigenvalue weighted by Crippen LogP contribution is -2.31. The van der Waals surface area contributed by atoms with Crippen molar-refractivity contribution in [3.05, 3.63) is 101 Å². The van der Waals surface area contributed by atoms with Crippen LogP contribution in [0.15, 0.2) is 88.7 Å². The summed E-state index contributed by atoms with van der Waals surface area (Å²) in [6.45, 7) is 0. The largest absolute Gasteiger partial charge is 0.503 e. The molecule has 1 atom stereocenters. The molecule has 1 aliphatic heterocycles. The second-order valence-corrected chi connectivity index (χ2v) is 7.83. The number of halogens is 1. The average Bonchev–Trinajstić information content (AvgIpc) is 3.38. The van der Waals surface area contributed by atoms with E-state index in [1.807, 2.05) is 0 Å². The van der Waals surface area contributed by atoms with Crippen LogP contribution in [0.5, 0.6) is 5.75 Å². The number of pyridine rings is 1. The lowest BCUT2D eigenvalue weighted by Gasteiger charge is -2.26. The summed E-state index contributed by atoms with van der Waals surface area (Å²) >= 11 is 6.15. The number of nitrogens with zero attached hydrogens (tertiary/aromatic N) is 2. The second-order valence-electron chi connectivity index (χ2n) is 7.39. The Morgan fingerprint density at radius 3 is 2.67 bits per heavy atom. The van der Waals surface area contributed by atoms with Gasteiger partial charge in [-0.3, -0.25) is 19.5 Å². The van der Waals surface area contributed by atoms with Crippen molar-refractivity contribution in [1.29, 1.82) is 0 Å². The first-order valence-electron chi connectivity index (χ1n) is 10.0. The number of rotatable bonds is 5. The van der Waals surface area contributed by atoms with Crippen molar-refractivity contribution in [2.75, 3.05) is 12.0 Å². The van der Waals surface area contributed by atoms with Gasteiger partial charge in [-0.1, -0.05) is 35.9 Å². The summed E-state index contributed by atoms with van der Waals surface area (Å²) in [7, 11) is 1.50. The summed E-state index contributed by atoms with van der Waals surface area (Å²) in [5, 5.41) is 11.9. The van der Waals surface area contributed by atoms with Gasteiger partial charge in [-0.25, -0.2) is 0 Å². The van der Waals surface area contributed by atoms with Crippen LogP contribution in [-0.4, -0.2) is 28.9 Å². The number of amides is 1. The van der Waals surface area contributed by atoms with Gasteiger partial charge in [0.25, 0.3) is 5.91 Å². The predicted octanol–water partition coefficient (Wildman–Crippen LogP) is 5.27. The van der Waals surface area contributed by atoms with Crippen LogP contribution in [0.1, 0.15) is 22.3 Å². The maximum absolute atomic E-state index is 13.6. The molecule has 5 rings (SSSR count). The third-order valence-electron chi connectivity index (χ3n) is 5.46. The van der Waals surface area contributed by atoms with E-state index in [-0.39, 0.29) is 11.3 Å². The molecule has 3 heterocycles. The highest BCUT2D eigenvalue weighted by molar-refractivity contribution is 6.31. The first kappa shape index (κ1) is 20.8. The zero-order valence-electron chi connectivity index (χ0n) is 17.4. The lowest BCUT2D eigenvalue weighted by molar-refractivity contribution is -0.117. The molecule has 2 aromatic heterocycles. The molecular weight excluding hydrogens is 444 g/mol. The van der Waals surface area contributed by atoms with Crippen LogP contribution in [0.2, 0.25) is 5.02 Å². The Kier molecular flexibility index (Phi) is 5.11. The molecule has 0 radical (unpaired) electrons. The van der Waals surface area contributed by atoms with Crippen LogP contribution >= 0.6 is 11.6 Å². The van der Waals surface area contributed by atoms with Crippen LogP contribution in [0.4, 0.5) is 5.69 Å². The minimum absolute atomic E-state index is 0.0299. The number of aliphatic hydroxyl groups is 1. The van der Waals surface area contributed by atoms with Crippen molar-refractivity contribution in [3.8, 4) is 5.75 Å². The molecule has 1 unspecified atom stereocenters. The molecule has 0 fully saturated rings. The minimum Gasteiger partial charge on any atom is -0.503 e. The molecule has 4 aromatic rings. The summed E-state index contributed by atoms with van der Waals surface area (Å²) in [5.41, 5.74) is 1.10. The number of para-hydroxylation sites is 1. The van der Waals surface area contributed by atoms with Crippen molar-refractivity contribution in [2.24, 2.45) is 0 Å². The number of ketones is 1. The number of Topliss-reactive ketones (excluding diaryl/α,β-unsaturated/α-hetero) is 1. The van der Waals surface area contributed by atoms with Gasteiger partial charge < -0.3 is 14.3 Å². The van der Waals surface area contributed by atoms with Gasteiger partial charge in [0.15, 0.2) is 22.9 Å². The number of methoxy groups -OCH3 is 1. The molecule has 164 valence electrons. The maximum Gasteiger partial charge on any atom is 0.294 e. The van der Waals surface area contributed by atoms with Crippen LogP contribution in [0.3, 0.4) is 0 Å². The maximum atomic E-state index is 13.6. The molecular formula is C25H17ClN2O5. The summed E-state index contributed by atoms with van der Waals surface area (Å²) in [6.07, 6.45) is 1.56. The topological polar surface area (TPSA) is 92.9 Å². The predicted molar refractivity (Wildman–Crippen MR) is 123 cm³/mol. The molecule has 33 heavy (non-hydrogen) atoms. The fraction of sp³-hybridized carbons (Fsp3) is 0.0800. The zero-order chi connectivity index (χ0) is 23.1. The van der Waals surface area contributed by atoms with Gasteiger partial charge in [-0.2, -0.15) is 0 Å². The fourth-order valence-electron chi connectivity index (χ4n) is 3.99. The molecule has 2 aromatic carbocycles. The van der Waals surface area contributed by atoms with E-state index in [4.69, 9.17) is 20.8 Å². The summed E-state index contributed by atoms with van der Waals surface area (Å²) in [4.78, 5) is 32.4. The number of benzene rings is 2. The monoisotopic (exact) mass is 460 g/mol. The normalized spacial score (nSPS) is 16.0. The Bertz CT molecular complexity index is 1430. The van der Waals surface area contributed by atoms with Gasteiger partial charge >= 0.3 is 0 Å². The number of aliphatic hydroxyl groups excluding tert-OH is 1. The van der Waals surface area contributed by atoms with E-state index in [9.17, 15) is 14.7 Å². The number of hydrogen-bond acceptors (Lipinski definition) is 6. The van der Waals surface area contributed by atoms with E-state index in [0.717, 1.165) is 0 Å². The third-order valence-corrected chi connectivity index (χ3v) is 5.69. The van der Waals surface area contributed by atoms with Crippen LogP contribution in [-0.2, 0) is 4.79 Å². The Labute approximate surface area is 193 Å². The van der Waals surface area contributed by atoms with Crippen LogP contribution in [0.25, 0.3) is 11.0 Å². The SMILES string of the molecule is COc1cccc2cc(C(=O)C3=C(O)C(=O)N(c4cccc(Cl)c4)C3c3ccccn3)oc12. The molecule has 0 saturated heterocycles. The number of carbonyl (C=O) groups excluding carboxylic acids is 2. The summed E-state index contributed by atoms with van der Waals surface area (Å²) in [6, 6.07) is 17.6. The van der Waals surface area contributed by atoms with E-state index in [1.165, 1.54) is 12.0 Å². The second kappa shape index (κ2) is 8.11. The lowest BCUT2D eigenvalue weighted by atomic mass is 9.98. The molecule has 0 spiro atoms. The number of anilines is 1. The van der Waals surface area contributed by atoms with E-state index < -0.39 is 23.5 Å². The first-order chi connectivity index (χ1) is 16.0. The first-order valence-corrected chi connectivity index (χ1v) is 10.4. The number of aromatic nitrogens is 1. The van der Waals surface area contributed by atoms with Gasteiger partial charge in [0.1, 0.15) is 6.04 Å². The van der Waals surface area contributed by atoms with Crippen LogP contribution < -0.4 is 9.64 Å². The molecule has 7 nitrogen and oxygen atoms in total. The highest BCUT2D eigenvalue weighted by Gasteiger charge is 2.46. The van der Waals surface area contributed by atoms with E-state index in [2.05, 4.69) is 4.98 Å². The Balaban J connectivity index is 1.66. The van der Waals surface area contributed by atoms with Crippen molar-refractivity contribution >= 4 is 39.9 Å². The molecule has 1 N–H and O–H groups in total. The van der Waals surface area contributed by atoms with Crippen molar-refractivity contribution < 1.29 is 23.8 Å². The number of hydrogen-bond donors (Lipinski definition) is 1. The van der Waals surface area contributed by atoms with Gasteiger partial charge in [-0.15, -0.1) is 0 Å². The molecule has 0 aliphatic carbocycles. The van der Waals surface area contributed by atoms with Crippen molar-refractivity contribution in [1.82, 2.24) is 4.98 Å². The van der Waals surface area contributed by atoms with E-state index >= 15 is 0 Å². The third kappa shape index (κ3) is 3.43. The average molecular weight is 461 g/mol. The molecule has 1 aliphatic rings. The minimum atomic E-state index is -0.972. The molecule has 8 heteroatoms. The van der Waals surface area contributed by atoms with E-state index in [1.54, 1.807) is 72.9 Å². The van der Waals surface area contributed by atoms with Gasteiger partial charge in [0.2, 0.25) is 5.78 Å². The smallest absolute Gasteiger partial charge is 0.294 e. The molecule has 1 amide bonds. The highest BCUT2D eigenvalue weighted by Crippen LogP contribution is 2.42. The Morgan fingerprint density at radius 2 is 1.94 bits per heavy atom.